The fourth-order valence-electron chi connectivity index (χ4n) is 2.16. The molecule has 0 aliphatic heterocycles. The van der Waals surface area contributed by atoms with Crippen molar-refractivity contribution in [1.29, 1.82) is 0 Å². The number of halogens is 3. The second-order valence-electron chi connectivity index (χ2n) is 4.79. The number of hydrogen-bond acceptors (Lipinski definition) is 3. The third-order valence-electron chi connectivity index (χ3n) is 3.28. The second kappa shape index (κ2) is 6.07. The first kappa shape index (κ1) is 15.6. The topological polar surface area (TPSA) is 60.9 Å². The molecule has 1 aromatic heterocycles. The molecule has 3 rings (SSSR count). The van der Waals surface area contributed by atoms with Crippen molar-refractivity contribution in [3.8, 4) is 5.69 Å². The lowest BCUT2D eigenvalue weighted by atomic mass is 10.1. The van der Waals surface area contributed by atoms with E-state index in [2.05, 4.69) is 27.7 Å². The van der Waals surface area contributed by atoms with Crippen LogP contribution < -0.4 is 5.73 Å². The molecule has 0 bridgehead atoms. The molecule has 0 fully saturated rings. The molecule has 0 atom stereocenters. The Bertz CT molecular complexity index is 908. The van der Waals surface area contributed by atoms with Gasteiger partial charge >= 0.3 is 0 Å². The van der Waals surface area contributed by atoms with E-state index < -0.39 is 11.6 Å². The van der Waals surface area contributed by atoms with E-state index in [0.717, 1.165) is 20.4 Å². The Balaban J connectivity index is 2.04. The van der Waals surface area contributed by atoms with E-state index in [0.29, 0.717) is 5.56 Å². The van der Waals surface area contributed by atoms with Crippen LogP contribution in [-0.2, 0) is 0 Å². The van der Waals surface area contributed by atoms with E-state index in [-0.39, 0.29) is 22.9 Å². The lowest BCUT2D eigenvalue weighted by Crippen LogP contribution is -2.08. The molecule has 0 saturated carbocycles. The van der Waals surface area contributed by atoms with E-state index in [1.54, 1.807) is 18.2 Å². The number of hydrogen-bond donors (Lipinski definition) is 1. The number of carbonyl (C=O) groups excluding carboxylic acids is 1. The van der Waals surface area contributed by atoms with Crippen LogP contribution in [0.15, 0.2) is 48.7 Å². The van der Waals surface area contributed by atoms with Gasteiger partial charge in [-0.2, -0.15) is 5.10 Å². The summed E-state index contributed by atoms with van der Waals surface area (Å²) in [5.41, 5.74) is 6.54. The zero-order valence-corrected chi connectivity index (χ0v) is 13.8. The van der Waals surface area contributed by atoms with Gasteiger partial charge in [0.15, 0.2) is 11.6 Å². The lowest BCUT2D eigenvalue weighted by molar-refractivity contribution is 0.103. The van der Waals surface area contributed by atoms with Gasteiger partial charge in [-0.1, -0.05) is 12.1 Å². The van der Waals surface area contributed by atoms with Crippen LogP contribution in [0.4, 0.5) is 14.6 Å². The highest BCUT2D eigenvalue weighted by Crippen LogP contribution is 2.23. The van der Waals surface area contributed by atoms with Gasteiger partial charge in [-0.15, -0.1) is 0 Å². The van der Waals surface area contributed by atoms with Crippen molar-refractivity contribution in [2.75, 3.05) is 5.73 Å². The molecule has 116 valence electrons. The van der Waals surface area contributed by atoms with Gasteiger partial charge in [0.1, 0.15) is 17.3 Å². The maximum Gasteiger partial charge on any atom is 0.198 e. The minimum atomic E-state index is -0.812. The lowest BCUT2D eigenvalue weighted by Gasteiger charge is -2.06. The number of nitrogens with zero attached hydrogens (tertiary/aromatic N) is 2. The first-order chi connectivity index (χ1) is 11.0. The minimum absolute atomic E-state index is 0.000584. The Hall–Kier alpha value is -2.29. The van der Waals surface area contributed by atoms with Crippen LogP contribution in [-0.4, -0.2) is 15.6 Å². The van der Waals surface area contributed by atoms with Gasteiger partial charge in [-0.3, -0.25) is 4.79 Å². The van der Waals surface area contributed by atoms with E-state index in [1.165, 1.54) is 12.3 Å². The number of nitrogens with two attached hydrogens (primary N) is 1. The molecule has 0 unspecified atom stereocenters. The van der Waals surface area contributed by atoms with Crippen LogP contribution in [0.25, 0.3) is 5.69 Å². The van der Waals surface area contributed by atoms with Gasteiger partial charge in [0, 0.05) is 15.2 Å². The first-order valence-corrected chi connectivity index (χ1v) is 7.64. The van der Waals surface area contributed by atoms with Crippen molar-refractivity contribution in [2.24, 2.45) is 0 Å². The molecule has 0 spiro atoms. The summed E-state index contributed by atoms with van der Waals surface area (Å²) in [5, 5.41) is 3.95. The summed E-state index contributed by atoms with van der Waals surface area (Å²) < 4.78 is 28.8. The zero-order valence-electron chi connectivity index (χ0n) is 11.6. The van der Waals surface area contributed by atoms with Crippen molar-refractivity contribution in [1.82, 2.24) is 9.78 Å². The van der Waals surface area contributed by atoms with Crippen LogP contribution in [0.5, 0.6) is 0 Å². The Morgan fingerprint density at radius 2 is 1.96 bits per heavy atom. The zero-order chi connectivity index (χ0) is 16.6. The SMILES string of the molecule is Nc1c(C(=O)c2cccc(I)c2)cnn1-c1ccc(F)cc1F. The molecule has 4 nitrogen and oxygen atoms in total. The maximum absolute atomic E-state index is 13.9. The third kappa shape index (κ3) is 2.96. The highest BCUT2D eigenvalue weighted by Gasteiger charge is 2.19. The molecule has 0 saturated heterocycles. The summed E-state index contributed by atoms with van der Waals surface area (Å²) in [5.74, 6) is -1.82. The summed E-state index contributed by atoms with van der Waals surface area (Å²) in [4.78, 5) is 12.5. The van der Waals surface area contributed by atoms with Crippen LogP contribution in [0.2, 0.25) is 0 Å². The van der Waals surface area contributed by atoms with Crippen LogP contribution in [0, 0.1) is 15.2 Å². The number of rotatable bonds is 3. The summed E-state index contributed by atoms with van der Waals surface area (Å²) in [6, 6.07) is 10.1. The van der Waals surface area contributed by atoms with E-state index in [1.807, 2.05) is 6.07 Å². The largest absolute Gasteiger partial charge is 0.383 e. The maximum atomic E-state index is 13.9. The highest BCUT2D eigenvalue weighted by atomic mass is 127. The molecule has 23 heavy (non-hydrogen) atoms. The van der Waals surface area contributed by atoms with Crippen molar-refractivity contribution in [3.63, 3.8) is 0 Å². The number of anilines is 1. The normalized spacial score (nSPS) is 10.7. The summed E-state index contributed by atoms with van der Waals surface area (Å²) in [7, 11) is 0. The van der Waals surface area contributed by atoms with Crippen molar-refractivity contribution >= 4 is 34.2 Å². The molecule has 0 radical (unpaired) electrons. The number of carbonyl (C=O) groups is 1. The van der Waals surface area contributed by atoms with Gasteiger partial charge in [-0.05, 0) is 46.9 Å². The molecule has 0 aliphatic carbocycles. The van der Waals surface area contributed by atoms with Crippen molar-refractivity contribution in [2.45, 2.75) is 0 Å². The molecule has 7 heteroatoms. The number of nitrogen functional groups attached to an aromatic ring is 1. The molecular formula is C16H10F2IN3O. The smallest absolute Gasteiger partial charge is 0.198 e. The van der Waals surface area contributed by atoms with E-state index in [4.69, 9.17) is 5.73 Å². The Morgan fingerprint density at radius 3 is 2.65 bits per heavy atom. The first-order valence-electron chi connectivity index (χ1n) is 6.56. The molecule has 2 aromatic carbocycles. The van der Waals surface area contributed by atoms with Crippen LogP contribution >= 0.6 is 22.6 Å². The minimum Gasteiger partial charge on any atom is -0.383 e. The predicted octanol–water partition coefficient (Wildman–Crippen LogP) is 3.57. The van der Waals surface area contributed by atoms with Gasteiger partial charge in [0.05, 0.1) is 11.8 Å². The highest BCUT2D eigenvalue weighted by molar-refractivity contribution is 14.1. The molecule has 2 N–H and O–H groups in total. The van der Waals surface area contributed by atoms with Gasteiger partial charge < -0.3 is 5.73 Å². The summed E-state index contributed by atoms with van der Waals surface area (Å²) in [6.07, 6.45) is 1.28. The molecule has 0 amide bonds. The number of ketones is 1. The van der Waals surface area contributed by atoms with E-state index in [9.17, 15) is 13.6 Å². The van der Waals surface area contributed by atoms with E-state index >= 15 is 0 Å². The monoisotopic (exact) mass is 425 g/mol. The quantitative estimate of drug-likeness (QED) is 0.516. The second-order valence-corrected chi connectivity index (χ2v) is 6.04. The van der Waals surface area contributed by atoms with Crippen molar-refractivity contribution in [3.05, 3.63) is 75.0 Å². The van der Waals surface area contributed by atoms with Gasteiger partial charge in [0.25, 0.3) is 0 Å². The Morgan fingerprint density at radius 1 is 1.17 bits per heavy atom. The molecule has 3 aromatic rings. The summed E-state index contributed by atoms with van der Waals surface area (Å²) in [6.45, 7) is 0. The fraction of sp³-hybridized carbons (Fsp3) is 0. The molecule has 1 heterocycles. The Kier molecular flexibility index (Phi) is 4.12. The van der Waals surface area contributed by atoms with Crippen molar-refractivity contribution < 1.29 is 13.6 Å². The molecular weight excluding hydrogens is 415 g/mol. The third-order valence-corrected chi connectivity index (χ3v) is 3.95. The average molecular weight is 425 g/mol. The number of benzene rings is 2. The summed E-state index contributed by atoms with van der Waals surface area (Å²) >= 11 is 2.10. The number of aromatic nitrogens is 2. The Labute approximate surface area is 144 Å². The standard InChI is InChI=1S/C16H10F2IN3O/c17-10-4-5-14(13(18)7-10)22-16(20)12(8-21-22)15(23)9-2-1-3-11(19)6-9/h1-8H,20H2. The average Bonchev–Trinajstić information content (AvgIpc) is 2.88. The predicted molar refractivity (Wildman–Crippen MR) is 90.5 cm³/mol. The molecule has 0 aliphatic rings. The van der Waals surface area contributed by atoms with Gasteiger partial charge in [0.2, 0.25) is 0 Å². The fourth-order valence-corrected chi connectivity index (χ4v) is 2.71. The van der Waals surface area contributed by atoms with Gasteiger partial charge in [-0.25, -0.2) is 13.5 Å². The van der Waals surface area contributed by atoms with Crippen LogP contribution in [0.1, 0.15) is 15.9 Å². The van der Waals surface area contributed by atoms with Crippen LogP contribution in [0.3, 0.4) is 0 Å².